The van der Waals surface area contributed by atoms with Gasteiger partial charge in [-0.25, -0.2) is 9.18 Å². The summed E-state index contributed by atoms with van der Waals surface area (Å²) in [6.07, 6.45) is 0.619. The minimum atomic E-state index is -1.11. The number of carboxylic acid groups (broad SMARTS) is 1. The third-order valence-electron chi connectivity index (χ3n) is 2.83. The summed E-state index contributed by atoms with van der Waals surface area (Å²) in [6, 6.07) is 3.99. The predicted octanol–water partition coefficient (Wildman–Crippen LogP) is 2.48. The van der Waals surface area contributed by atoms with Crippen LogP contribution in [-0.4, -0.2) is 28.4 Å². The van der Waals surface area contributed by atoms with E-state index in [9.17, 15) is 9.18 Å². The number of carbonyl (C=O) groups is 1. The summed E-state index contributed by atoms with van der Waals surface area (Å²) in [6.45, 7) is 1.91. The van der Waals surface area contributed by atoms with Gasteiger partial charge < -0.3 is 9.84 Å². The number of nitrogens with zero attached hydrogens (tertiary/aromatic N) is 1. The van der Waals surface area contributed by atoms with Crippen LogP contribution < -0.4 is 4.74 Å². The Bertz CT molecular complexity index is 622. The van der Waals surface area contributed by atoms with Crippen molar-refractivity contribution >= 4 is 5.97 Å². The number of methoxy groups -OCH3 is 1. The lowest BCUT2D eigenvalue weighted by Crippen LogP contribution is -1.96. The van der Waals surface area contributed by atoms with Crippen LogP contribution in [0.25, 0.3) is 11.3 Å². The fourth-order valence-corrected chi connectivity index (χ4v) is 1.96. The largest absolute Gasteiger partial charge is 0.496 e. The van der Waals surface area contributed by atoms with E-state index in [2.05, 4.69) is 10.2 Å². The summed E-state index contributed by atoms with van der Waals surface area (Å²) in [5.74, 6) is -1.14. The van der Waals surface area contributed by atoms with Crippen molar-refractivity contribution in [1.29, 1.82) is 0 Å². The number of carboxylic acids is 1. The number of halogens is 1. The van der Waals surface area contributed by atoms with Crippen LogP contribution >= 0.6 is 0 Å². The zero-order valence-electron chi connectivity index (χ0n) is 10.5. The molecule has 0 radical (unpaired) electrons. The molecule has 1 heterocycles. The molecule has 0 saturated heterocycles. The number of rotatable bonds is 4. The Morgan fingerprint density at radius 1 is 1.47 bits per heavy atom. The van der Waals surface area contributed by atoms with Crippen molar-refractivity contribution in [2.24, 2.45) is 0 Å². The van der Waals surface area contributed by atoms with E-state index < -0.39 is 11.8 Å². The van der Waals surface area contributed by atoms with Crippen molar-refractivity contribution in [2.45, 2.75) is 13.3 Å². The molecule has 0 atom stereocenters. The van der Waals surface area contributed by atoms with Crippen LogP contribution in [0.2, 0.25) is 0 Å². The Hall–Kier alpha value is -2.37. The van der Waals surface area contributed by atoms with Gasteiger partial charge in [0.25, 0.3) is 0 Å². The van der Waals surface area contributed by atoms with Gasteiger partial charge in [-0.1, -0.05) is 6.92 Å². The van der Waals surface area contributed by atoms with E-state index in [0.29, 0.717) is 23.4 Å². The topological polar surface area (TPSA) is 75.2 Å². The Labute approximate surface area is 109 Å². The van der Waals surface area contributed by atoms with Crippen LogP contribution in [0.5, 0.6) is 5.75 Å². The zero-order valence-corrected chi connectivity index (χ0v) is 10.5. The van der Waals surface area contributed by atoms with Crippen molar-refractivity contribution in [2.75, 3.05) is 7.11 Å². The fraction of sp³-hybridized carbons (Fsp3) is 0.231. The lowest BCUT2D eigenvalue weighted by atomic mass is 10.0. The molecule has 0 spiro atoms. The fourth-order valence-electron chi connectivity index (χ4n) is 1.96. The maximum atomic E-state index is 13.5. The van der Waals surface area contributed by atoms with Crippen molar-refractivity contribution in [3.8, 4) is 17.0 Å². The van der Waals surface area contributed by atoms with E-state index in [1.54, 1.807) is 0 Å². The summed E-state index contributed by atoms with van der Waals surface area (Å²) in [7, 11) is 1.46. The van der Waals surface area contributed by atoms with Gasteiger partial charge in [0.2, 0.25) is 0 Å². The predicted molar refractivity (Wildman–Crippen MR) is 66.9 cm³/mol. The first-order chi connectivity index (χ1) is 9.06. The van der Waals surface area contributed by atoms with Crippen LogP contribution in [0.3, 0.4) is 0 Å². The summed E-state index contributed by atoms with van der Waals surface area (Å²) >= 11 is 0. The Balaban J connectivity index is 2.59. The first kappa shape index (κ1) is 13.1. The Morgan fingerprint density at radius 2 is 2.21 bits per heavy atom. The van der Waals surface area contributed by atoms with Gasteiger partial charge in [0, 0.05) is 17.2 Å². The summed E-state index contributed by atoms with van der Waals surface area (Å²) in [4.78, 5) is 10.8. The molecule has 1 aromatic carbocycles. The van der Waals surface area contributed by atoms with Gasteiger partial charge in [0.15, 0.2) is 0 Å². The van der Waals surface area contributed by atoms with Crippen LogP contribution in [0.4, 0.5) is 4.39 Å². The molecule has 2 rings (SSSR count). The molecular weight excluding hydrogens is 251 g/mol. The first-order valence-electron chi connectivity index (χ1n) is 5.72. The van der Waals surface area contributed by atoms with Crippen molar-refractivity contribution in [1.82, 2.24) is 10.2 Å². The van der Waals surface area contributed by atoms with Gasteiger partial charge in [0.05, 0.1) is 12.8 Å². The van der Waals surface area contributed by atoms with E-state index in [1.165, 1.54) is 25.3 Å². The van der Waals surface area contributed by atoms with Crippen molar-refractivity contribution in [3.63, 3.8) is 0 Å². The molecule has 6 heteroatoms. The second kappa shape index (κ2) is 5.09. The van der Waals surface area contributed by atoms with E-state index in [1.807, 2.05) is 6.92 Å². The number of hydrogen-bond acceptors (Lipinski definition) is 3. The Morgan fingerprint density at radius 3 is 2.74 bits per heavy atom. The number of hydrogen-bond donors (Lipinski definition) is 2. The highest BCUT2D eigenvalue weighted by Crippen LogP contribution is 2.31. The summed E-state index contributed by atoms with van der Waals surface area (Å²) < 4.78 is 18.7. The summed E-state index contributed by atoms with van der Waals surface area (Å²) in [5.41, 5.74) is 1.66. The number of ether oxygens (including phenoxy) is 1. The molecule has 0 aliphatic heterocycles. The third kappa shape index (κ3) is 2.42. The number of H-pyrrole nitrogens is 1. The minimum Gasteiger partial charge on any atom is -0.496 e. The van der Waals surface area contributed by atoms with E-state index in [4.69, 9.17) is 9.84 Å². The molecular formula is C13H13FN2O3. The van der Waals surface area contributed by atoms with E-state index in [-0.39, 0.29) is 5.69 Å². The molecule has 100 valence electrons. The maximum Gasteiger partial charge on any atom is 0.353 e. The van der Waals surface area contributed by atoms with E-state index >= 15 is 0 Å². The molecule has 0 amide bonds. The molecule has 2 N–H and O–H groups in total. The molecule has 0 aliphatic carbocycles. The highest BCUT2D eigenvalue weighted by atomic mass is 19.1. The molecule has 5 nitrogen and oxygen atoms in total. The molecule has 0 unspecified atom stereocenters. The molecule has 19 heavy (non-hydrogen) atoms. The van der Waals surface area contributed by atoms with Gasteiger partial charge in [0.1, 0.15) is 17.3 Å². The van der Waals surface area contributed by atoms with Crippen LogP contribution in [0.1, 0.15) is 23.0 Å². The molecule has 0 bridgehead atoms. The van der Waals surface area contributed by atoms with Gasteiger partial charge in [-0.2, -0.15) is 5.10 Å². The van der Waals surface area contributed by atoms with Crippen LogP contribution in [0.15, 0.2) is 18.2 Å². The number of aromatic carboxylic acids is 1. The monoisotopic (exact) mass is 264 g/mol. The second-order valence-electron chi connectivity index (χ2n) is 3.96. The van der Waals surface area contributed by atoms with Gasteiger partial charge in [-0.3, -0.25) is 5.10 Å². The van der Waals surface area contributed by atoms with Gasteiger partial charge >= 0.3 is 5.97 Å². The van der Waals surface area contributed by atoms with Crippen molar-refractivity contribution in [3.05, 3.63) is 35.3 Å². The number of aromatic nitrogens is 2. The normalized spacial score (nSPS) is 10.5. The zero-order chi connectivity index (χ0) is 14.0. The highest BCUT2D eigenvalue weighted by Gasteiger charge is 2.16. The lowest BCUT2D eigenvalue weighted by molar-refractivity contribution is 0.0690. The van der Waals surface area contributed by atoms with Gasteiger partial charge in [-0.15, -0.1) is 0 Å². The van der Waals surface area contributed by atoms with Gasteiger partial charge in [-0.05, 0) is 18.6 Å². The number of nitrogens with one attached hydrogen (secondary N) is 1. The maximum absolute atomic E-state index is 13.5. The SMILES string of the molecule is CCc1c(OC)cc(F)cc1-c1cc(C(=O)O)[nH]n1. The minimum absolute atomic E-state index is 0.0414. The molecule has 0 aliphatic rings. The summed E-state index contributed by atoms with van der Waals surface area (Å²) in [5, 5.41) is 15.2. The lowest BCUT2D eigenvalue weighted by Gasteiger charge is -2.11. The quantitative estimate of drug-likeness (QED) is 0.889. The smallest absolute Gasteiger partial charge is 0.353 e. The number of aromatic amines is 1. The molecule has 0 saturated carbocycles. The highest BCUT2D eigenvalue weighted by molar-refractivity contribution is 5.87. The average Bonchev–Trinajstić information content (AvgIpc) is 2.87. The second-order valence-corrected chi connectivity index (χ2v) is 3.96. The van der Waals surface area contributed by atoms with Crippen molar-refractivity contribution < 1.29 is 19.0 Å². The molecule has 2 aromatic rings. The Kier molecular flexibility index (Phi) is 3.50. The molecule has 1 aromatic heterocycles. The molecule has 0 fully saturated rings. The third-order valence-corrected chi connectivity index (χ3v) is 2.83. The van der Waals surface area contributed by atoms with E-state index in [0.717, 1.165) is 5.56 Å². The van der Waals surface area contributed by atoms with Crippen LogP contribution in [-0.2, 0) is 6.42 Å². The van der Waals surface area contributed by atoms with Crippen LogP contribution in [0, 0.1) is 5.82 Å². The number of benzene rings is 1. The first-order valence-corrected chi connectivity index (χ1v) is 5.72. The standard InChI is InChI=1S/C13H13FN2O3/c1-3-8-9(4-7(14)5-12(8)19-2)10-6-11(13(17)18)16-15-10/h4-6H,3H2,1-2H3,(H,15,16)(H,17,18). The average molecular weight is 264 g/mol.